The Hall–Kier alpha value is -6.40. The van der Waals surface area contributed by atoms with E-state index in [1.807, 2.05) is 134 Å². The molecule has 15 heteroatoms. The van der Waals surface area contributed by atoms with Crippen LogP contribution in [-0.2, 0) is 29.5 Å². The summed E-state index contributed by atoms with van der Waals surface area (Å²) in [5.41, 5.74) is 7.16. The first kappa shape index (κ1) is 46.1. The van der Waals surface area contributed by atoms with Gasteiger partial charge >= 0.3 is 5.97 Å². The Kier molecular flexibility index (Phi) is 14.6. The van der Waals surface area contributed by atoms with Gasteiger partial charge in [-0.1, -0.05) is 163 Å². The number of benzene rings is 5. The zero-order chi connectivity index (χ0) is 44.8. The summed E-state index contributed by atoms with van der Waals surface area (Å²) in [6.07, 6.45) is 3.01. The second-order valence-electron chi connectivity index (χ2n) is 15.1. The highest BCUT2D eigenvalue weighted by Gasteiger charge is 2.55. The van der Waals surface area contributed by atoms with Crippen LogP contribution >= 0.6 is 58.4 Å². The number of thioether (sulfide) groups is 1. The summed E-state index contributed by atoms with van der Waals surface area (Å²) >= 11 is 4.23. The minimum absolute atomic E-state index is 0. The number of hydrogen-bond acceptors (Lipinski definition) is 12. The van der Waals surface area contributed by atoms with Crippen LogP contribution in [0.1, 0.15) is 50.2 Å². The Morgan fingerprint density at radius 3 is 1.86 bits per heavy atom. The van der Waals surface area contributed by atoms with Crippen LogP contribution in [0.5, 0.6) is 0 Å². The molecule has 2 atom stereocenters. The molecule has 332 valence electrons. The van der Waals surface area contributed by atoms with Gasteiger partial charge in [0, 0.05) is 16.0 Å². The molecule has 4 heterocycles. The van der Waals surface area contributed by atoms with E-state index < -0.39 is 40.8 Å². The molecular weight excluding hydrogens is 1000 g/mol. The Morgan fingerprint density at radius 1 is 0.803 bits per heavy atom. The van der Waals surface area contributed by atoms with Gasteiger partial charge in [0.05, 0.1) is 11.2 Å². The molecule has 0 spiro atoms. The Labute approximate surface area is 411 Å². The molecule has 1 saturated heterocycles. The SMILES string of the molecule is CON=C(C(=O)NC1C(=O)N2C(C(=O)OC(c3ccccc3)c3ccccc3)=C(C=Cc3scnc3C)CS[C@H]12)c1csc(NC(c2ccccc2)(c2ccccc2)c2ccccc2)n1.I. The minimum atomic E-state index is -0.983. The van der Waals surface area contributed by atoms with Crippen molar-refractivity contribution in [3.05, 3.63) is 224 Å². The highest BCUT2D eigenvalue weighted by atomic mass is 127. The van der Waals surface area contributed by atoms with Crippen LogP contribution in [0.15, 0.2) is 185 Å². The van der Waals surface area contributed by atoms with Crippen LogP contribution in [0.25, 0.3) is 6.08 Å². The number of esters is 1. The number of β-lactam (4-membered cyclic amide) rings is 1. The van der Waals surface area contributed by atoms with Crippen LogP contribution in [-0.4, -0.2) is 62.6 Å². The summed E-state index contributed by atoms with van der Waals surface area (Å²) in [6.45, 7) is 1.92. The Balaban J connectivity index is 0.00000592. The molecule has 0 aliphatic carbocycles. The number of nitrogens with zero attached hydrogens (tertiary/aromatic N) is 4. The van der Waals surface area contributed by atoms with Crippen molar-refractivity contribution in [2.75, 3.05) is 18.2 Å². The molecule has 9 rings (SSSR count). The quantitative estimate of drug-likeness (QED) is 0.0257. The van der Waals surface area contributed by atoms with Crippen LogP contribution in [0.4, 0.5) is 5.13 Å². The van der Waals surface area contributed by atoms with E-state index in [4.69, 9.17) is 14.6 Å². The highest BCUT2D eigenvalue weighted by Crippen LogP contribution is 2.43. The van der Waals surface area contributed by atoms with Crippen molar-refractivity contribution in [3.8, 4) is 0 Å². The van der Waals surface area contributed by atoms with E-state index in [9.17, 15) is 14.4 Å². The van der Waals surface area contributed by atoms with Crippen LogP contribution in [0.3, 0.4) is 0 Å². The number of rotatable bonds is 15. The standard InChI is InChI=1S/C51H42N6O5S3.HI/c1-33-41(65-32-52-33)29-28-36-30-63-48-43(47(59)57(48)44(36)49(60)62-45(34-18-8-3-9-19-34)35-20-10-4-11-21-35)54-46(58)42(56-61-2)40-31-64-50(53-40)55-51(37-22-12-5-13-23-37,38-24-14-6-15-25-38)39-26-16-7-17-27-39;/h3-29,31-32,43,45,48H,30H2,1-2H3,(H,53,55)(H,54,58);1H/t43?,48-;/m1./s1. The van der Waals surface area contributed by atoms with Gasteiger partial charge in [0.2, 0.25) is 0 Å². The lowest BCUT2D eigenvalue weighted by atomic mass is 9.77. The lowest BCUT2D eigenvalue weighted by Gasteiger charge is -2.49. The van der Waals surface area contributed by atoms with Crippen molar-refractivity contribution in [3.63, 3.8) is 0 Å². The summed E-state index contributed by atoms with van der Waals surface area (Å²) in [6, 6.07) is 48.4. The number of anilines is 1. The van der Waals surface area contributed by atoms with Crippen molar-refractivity contribution < 1.29 is 24.0 Å². The predicted molar refractivity (Wildman–Crippen MR) is 273 cm³/mol. The number of aryl methyl sites for hydroxylation is 1. The fourth-order valence-electron chi connectivity index (χ4n) is 8.04. The number of ether oxygens (including phenoxy) is 1. The molecule has 0 radical (unpaired) electrons. The molecule has 2 aliphatic rings. The average molecular weight is 1040 g/mol. The van der Waals surface area contributed by atoms with Gasteiger partial charge in [0.25, 0.3) is 11.8 Å². The number of halogens is 1. The first-order valence-electron chi connectivity index (χ1n) is 20.7. The molecule has 0 saturated carbocycles. The zero-order valence-corrected chi connectivity index (χ0v) is 40.4. The molecule has 66 heavy (non-hydrogen) atoms. The molecule has 0 bridgehead atoms. The number of carbonyl (C=O) groups is 3. The van der Waals surface area contributed by atoms with Gasteiger partial charge in [-0.2, -0.15) is 0 Å². The number of amides is 2. The van der Waals surface area contributed by atoms with E-state index >= 15 is 0 Å². The third kappa shape index (κ3) is 9.33. The number of nitrogens with one attached hydrogen (secondary N) is 2. The molecule has 7 aromatic rings. The van der Waals surface area contributed by atoms with E-state index in [2.05, 4.69) is 57.2 Å². The number of thiazole rings is 2. The van der Waals surface area contributed by atoms with E-state index in [-0.39, 0.29) is 41.1 Å². The minimum Gasteiger partial charge on any atom is -0.448 e. The van der Waals surface area contributed by atoms with Gasteiger partial charge < -0.3 is 20.2 Å². The molecule has 1 unspecified atom stereocenters. The van der Waals surface area contributed by atoms with Crippen molar-refractivity contribution in [2.24, 2.45) is 5.16 Å². The van der Waals surface area contributed by atoms with Crippen molar-refractivity contribution in [1.29, 1.82) is 0 Å². The zero-order valence-electron chi connectivity index (χ0n) is 35.6. The first-order chi connectivity index (χ1) is 31.9. The lowest BCUT2D eigenvalue weighted by Crippen LogP contribution is -2.71. The number of hydrogen-bond donors (Lipinski definition) is 2. The van der Waals surface area contributed by atoms with E-state index in [1.165, 1.54) is 46.4 Å². The number of allylic oxidation sites excluding steroid dienone is 1. The lowest BCUT2D eigenvalue weighted by molar-refractivity contribution is -0.154. The highest BCUT2D eigenvalue weighted by molar-refractivity contribution is 14.0. The number of carbonyl (C=O) groups excluding carboxylic acids is 3. The summed E-state index contributed by atoms with van der Waals surface area (Å²) < 4.78 is 6.34. The van der Waals surface area contributed by atoms with Crippen molar-refractivity contribution >= 4 is 93.1 Å². The van der Waals surface area contributed by atoms with Crippen LogP contribution in [0, 0.1) is 6.92 Å². The number of aromatic nitrogens is 2. The number of fused-ring (bicyclic) bond motifs is 1. The fourth-order valence-corrected chi connectivity index (χ4v) is 10.8. The second-order valence-corrected chi connectivity index (χ2v) is 18.0. The molecule has 2 aliphatic heterocycles. The molecule has 1 fully saturated rings. The first-order valence-corrected chi connectivity index (χ1v) is 23.6. The van der Waals surface area contributed by atoms with Gasteiger partial charge in [-0.05, 0) is 46.4 Å². The van der Waals surface area contributed by atoms with Gasteiger partial charge in [0.15, 0.2) is 16.9 Å². The van der Waals surface area contributed by atoms with Crippen molar-refractivity contribution in [2.45, 2.75) is 30.0 Å². The van der Waals surface area contributed by atoms with Gasteiger partial charge in [-0.25, -0.2) is 14.8 Å². The topological polar surface area (TPSA) is 135 Å². The van der Waals surface area contributed by atoms with Gasteiger partial charge in [0.1, 0.15) is 35.5 Å². The summed E-state index contributed by atoms with van der Waals surface area (Å²) in [7, 11) is 1.35. The largest absolute Gasteiger partial charge is 0.448 e. The molecule has 2 amide bonds. The maximum absolute atomic E-state index is 14.5. The van der Waals surface area contributed by atoms with E-state index in [1.54, 1.807) is 10.9 Å². The third-order valence-electron chi connectivity index (χ3n) is 11.2. The predicted octanol–water partition coefficient (Wildman–Crippen LogP) is 9.98. The average Bonchev–Trinajstić information content (AvgIpc) is 4.01. The van der Waals surface area contributed by atoms with Gasteiger partial charge in [-0.3, -0.25) is 14.5 Å². The van der Waals surface area contributed by atoms with E-state index in [0.29, 0.717) is 16.5 Å². The molecule has 11 nitrogen and oxygen atoms in total. The summed E-state index contributed by atoms with van der Waals surface area (Å²) in [4.78, 5) is 59.9. The molecule has 2 aromatic heterocycles. The maximum Gasteiger partial charge on any atom is 0.356 e. The third-order valence-corrected chi connectivity index (χ3v) is 14.1. The molecular formula is C51H43IN6O5S3. The molecule has 2 N–H and O–H groups in total. The Morgan fingerprint density at radius 2 is 1.35 bits per heavy atom. The summed E-state index contributed by atoms with van der Waals surface area (Å²) in [5, 5.41) is 12.4. The van der Waals surface area contributed by atoms with Crippen LogP contribution in [0.2, 0.25) is 0 Å². The van der Waals surface area contributed by atoms with E-state index in [0.717, 1.165) is 38.4 Å². The fraction of sp³-hybridized carbons (Fsp3) is 0.137. The maximum atomic E-state index is 14.5. The number of oxime groups is 1. The monoisotopic (exact) mass is 1040 g/mol. The smallest absolute Gasteiger partial charge is 0.356 e. The molecule has 5 aromatic carbocycles. The summed E-state index contributed by atoms with van der Waals surface area (Å²) in [5.74, 6) is -1.41. The van der Waals surface area contributed by atoms with Gasteiger partial charge in [-0.15, -0.1) is 58.4 Å². The normalized spacial score (nSPS) is 16.0. The van der Waals surface area contributed by atoms with Crippen LogP contribution < -0.4 is 10.6 Å². The Bertz CT molecular complexity index is 2760. The second kappa shape index (κ2) is 20.8. The van der Waals surface area contributed by atoms with Crippen molar-refractivity contribution in [1.82, 2.24) is 20.2 Å².